The molecule has 0 aromatic carbocycles. The normalized spacial score (nSPS) is 35.8. The van der Waals surface area contributed by atoms with Crippen molar-refractivity contribution in [2.24, 2.45) is 50.2 Å². The molecule has 4 saturated carbocycles. The van der Waals surface area contributed by atoms with Gasteiger partial charge in [-0.3, -0.25) is 43.2 Å². The van der Waals surface area contributed by atoms with Gasteiger partial charge in [-0.2, -0.15) is 35.3 Å². The van der Waals surface area contributed by atoms with Gasteiger partial charge in [-0.1, -0.05) is 54.0 Å². The third-order valence-electron chi connectivity index (χ3n) is 22.9. The van der Waals surface area contributed by atoms with E-state index in [1.54, 1.807) is 24.3 Å². The zero-order valence-electron chi connectivity index (χ0n) is 61.0. The van der Waals surface area contributed by atoms with Gasteiger partial charge in [0, 0.05) is 46.0 Å². The number of carbonyl (C=O) groups is 12. The summed E-state index contributed by atoms with van der Waals surface area (Å²) in [7, 11) is 3.56. The average Bonchev–Trinajstić information content (AvgIpc) is 0.673. The third-order valence-corrected chi connectivity index (χ3v) is 24.8. The lowest BCUT2D eigenvalue weighted by Gasteiger charge is -2.70. The molecule has 5 aliphatic carbocycles. The fraction of sp³-hybridized carbons (Fsp3) is 0.800. The Morgan fingerprint density at radius 1 is 0.520 bits per heavy atom. The molecule has 7 aliphatic rings. The Bertz CT molecular complexity index is 3120. The Hall–Kier alpha value is -5.53. The molecule has 0 aromatic heterocycles. The molecular weight excluding hydrogens is 1360 g/mol. The second kappa shape index (κ2) is 33.5. The van der Waals surface area contributed by atoms with Crippen LogP contribution < -0.4 is 16.0 Å². The first-order chi connectivity index (χ1) is 46.9. The predicted molar refractivity (Wildman–Crippen MR) is 365 cm³/mol. The smallest absolute Gasteiger partial charge is 0.328 e. The molecule has 2 saturated heterocycles. The first-order valence-corrected chi connectivity index (χ1v) is 38.4. The predicted octanol–water partition coefficient (Wildman–Crippen LogP) is 6.08. The molecule has 2 aliphatic heterocycles. The molecule has 3 amide bonds. The van der Waals surface area contributed by atoms with Crippen LogP contribution in [0.5, 0.6) is 0 Å². The summed E-state index contributed by atoms with van der Waals surface area (Å²) in [4.78, 5) is 166. The number of allylic oxidation sites excluding steroid dienone is 2. The van der Waals surface area contributed by atoms with E-state index in [9.17, 15) is 47.9 Å². The van der Waals surface area contributed by atoms with Gasteiger partial charge in [0.1, 0.15) is 18.1 Å². The zero-order chi connectivity index (χ0) is 74.4. The van der Waals surface area contributed by atoms with Crippen LogP contribution in [0.15, 0.2) is 11.6 Å². The van der Waals surface area contributed by atoms with E-state index < -0.39 is 178 Å². The van der Waals surface area contributed by atoms with Crippen molar-refractivity contribution in [1.29, 1.82) is 0 Å². The quantitative estimate of drug-likeness (QED) is 0.0476. The number of esters is 8. The molecule has 22 atom stereocenters. The van der Waals surface area contributed by atoms with Crippen LogP contribution in [-0.2, 0) is 114 Å². The minimum Gasteiger partial charge on any atom is -0.467 e. The van der Waals surface area contributed by atoms with Crippen molar-refractivity contribution in [2.45, 2.75) is 246 Å². The van der Waals surface area contributed by atoms with Crippen molar-refractivity contribution in [3.8, 4) is 0 Å². The molecule has 2 heterocycles. The van der Waals surface area contributed by atoms with Crippen LogP contribution in [0.1, 0.15) is 160 Å². The first-order valence-electron chi connectivity index (χ1n) is 34.2. The number of hydrogen-bond acceptors (Lipinski definition) is 27. The number of thioether (sulfide) groups is 3. The van der Waals surface area contributed by atoms with Gasteiger partial charge < -0.3 is 72.8 Å². The second-order valence-corrected chi connectivity index (χ2v) is 32.6. The molecule has 27 nitrogen and oxygen atoms in total. The van der Waals surface area contributed by atoms with Crippen LogP contribution in [0, 0.1) is 50.2 Å². The number of methoxy groups -OCH3 is 3. The van der Waals surface area contributed by atoms with Crippen LogP contribution in [0.2, 0.25) is 0 Å². The van der Waals surface area contributed by atoms with Gasteiger partial charge in [-0.25, -0.2) is 14.4 Å². The molecule has 0 bridgehead atoms. The Balaban J connectivity index is 1.33. The van der Waals surface area contributed by atoms with Crippen molar-refractivity contribution in [3.05, 3.63) is 11.6 Å². The minimum absolute atomic E-state index is 0.00631. The minimum atomic E-state index is -2.17. The Morgan fingerprint density at radius 2 is 0.940 bits per heavy atom. The SMILES string of the molecule is COC(=O)C(CCSC)NC(=O)C1OC(OC2C(OC3CC[C@@]4(C)C(CC[C@]5(C)C4C(=O)C=C4C6C[C@@](C)(C(=O)NC(CCSC)C(=O)OC)CC[C@]6(C)CC[C@]45C)C3(C)C)OC(C(=O)NC(CCSC)C(=O)OC)C(OC(C)=O)C2OC(C)=O)C(OC(C)=O)C(OC(C)=O)C1OC(C)=O. The summed E-state index contributed by atoms with van der Waals surface area (Å²) in [6.45, 7) is 20.0. The van der Waals surface area contributed by atoms with Crippen LogP contribution in [0.4, 0.5) is 0 Å². The van der Waals surface area contributed by atoms with E-state index >= 15 is 9.59 Å². The van der Waals surface area contributed by atoms with E-state index in [0.29, 0.717) is 55.8 Å². The molecule has 0 radical (unpaired) electrons. The molecule has 30 heteroatoms. The molecule has 17 unspecified atom stereocenters. The molecule has 562 valence electrons. The lowest BCUT2D eigenvalue weighted by Crippen LogP contribution is -2.70. The zero-order valence-corrected chi connectivity index (χ0v) is 63.5. The van der Waals surface area contributed by atoms with Gasteiger partial charge in [-0.15, -0.1) is 0 Å². The first kappa shape index (κ1) is 81.8. The summed E-state index contributed by atoms with van der Waals surface area (Å²) < 4.78 is 71.8. The van der Waals surface area contributed by atoms with E-state index in [0.717, 1.165) is 73.7 Å². The summed E-state index contributed by atoms with van der Waals surface area (Å²) in [5, 5.41) is 8.28. The summed E-state index contributed by atoms with van der Waals surface area (Å²) in [5.74, 6) is -9.25. The maximum atomic E-state index is 15.8. The standard InChI is InChI=1S/C70H105N3O24S3/c1-35(74)89-48-50(91-37(3)76)54(93-39(5)78)63(96-53(48)58(81)72-43(22-31-99-17)60(83)87-14)97-55-51(92-38(4)77)49(90-36(2)75)52(57(80)71-42(21-30-98-16)59(82)86-13)95-62(55)94-47-20-24-68(10)46(65(47,6)7)19-25-70(12)56(68)45(79)33-40-41-34-67(9,27-26-66(41,8)28-29-69(40,70)11)64(85)73-44(23-32-100-18)61(84)88-15/h33,41-44,46-56,62-63H,19-32,34H2,1-18H3,(H,71,80)(H,72,81)(H,73,85)/t41?,42?,43?,44?,46?,47?,48?,49?,50?,51?,52?,53?,54?,55?,56?,62?,63?,66-,67+,68+,69-,70-/m1/s1. The lowest BCUT2D eigenvalue weighted by molar-refractivity contribution is -0.370. The highest BCUT2D eigenvalue weighted by Crippen LogP contribution is 2.75. The van der Waals surface area contributed by atoms with Crippen molar-refractivity contribution in [2.75, 3.05) is 57.4 Å². The molecular formula is C70H105N3O24S3. The van der Waals surface area contributed by atoms with Crippen molar-refractivity contribution in [3.63, 3.8) is 0 Å². The van der Waals surface area contributed by atoms with E-state index in [1.807, 2.05) is 33.1 Å². The Labute approximate surface area is 599 Å². The van der Waals surface area contributed by atoms with Gasteiger partial charge in [-0.05, 0) is 158 Å². The number of fused-ring (bicyclic) bond motifs is 7. The highest BCUT2D eigenvalue weighted by atomic mass is 32.2. The van der Waals surface area contributed by atoms with Crippen molar-refractivity contribution >= 4 is 107 Å². The third kappa shape index (κ3) is 17.1. The fourth-order valence-electron chi connectivity index (χ4n) is 17.7. The van der Waals surface area contributed by atoms with E-state index in [2.05, 4.69) is 43.6 Å². The van der Waals surface area contributed by atoms with Crippen LogP contribution in [0.3, 0.4) is 0 Å². The highest BCUT2D eigenvalue weighted by molar-refractivity contribution is 7.99. The van der Waals surface area contributed by atoms with E-state index in [-0.39, 0.29) is 48.2 Å². The average molecular weight is 1470 g/mol. The van der Waals surface area contributed by atoms with Crippen LogP contribution in [0.25, 0.3) is 0 Å². The Morgan fingerprint density at radius 3 is 1.39 bits per heavy atom. The molecule has 7 rings (SSSR count). The van der Waals surface area contributed by atoms with Gasteiger partial charge in [0.05, 0.1) is 27.4 Å². The van der Waals surface area contributed by atoms with Crippen LogP contribution >= 0.6 is 35.3 Å². The van der Waals surface area contributed by atoms with Gasteiger partial charge in [0.15, 0.2) is 67.2 Å². The molecule has 0 aromatic rings. The number of nitrogens with one attached hydrogen (secondary N) is 3. The summed E-state index contributed by atoms with van der Waals surface area (Å²) >= 11 is 4.30. The van der Waals surface area contributed by atoms with Gasteiger partial charge >= 0.3 is 47.8 Å². The monoisotopic (exact) mass is 1470 g/mol. The highest BCUT2D eigenvalue weighted by Gasteiger charge is 2.71. The topological polar surface area (TPSA) is 352 Å². The van der Waals surface area contributed by atoms with Gasteiger partial charge in [0.25, 0.3) is 11.8 Å². The molecule has 3 N–H and O–H groups in total. The number of ketones is 1. The number of carbonyl (C=O) groups excluding carboxylic acids is 12. The number of hydrogen-bond donors (Lipinski definition) is 3. The molecule has 0 spiro atoms. The lowest BCUT2D eigenvalue weighted by atomic mass is 9.33. The maximum Gasteiger partial charge on any atom is 0.328 e. The summed E-state index contributed by atoms with van der Waals surface area (Å²) in [5.41, 5.74) is -2.68. The Kier molecular flexibility index (Phi) is 27.4. The summed E-state index contributed by atoms with van der Waals surface area (Å²) in [6.07, 6.45) is -7.57. The largest absolute Gasteiger partial charge is 0.467 e. The number of ether oxygens (including phenoxy) is 12. The van der Waals surface area contributed by atoms with Crippen LogP contribution in [-0.4, -0.2) is 214 Å². The van der Waals surface area contributed by atoms with Crippen molar-refractivity contribution < 1.29 is 114 Å². The van der Waals surface area contributed by atoms with Gasteiger partial charge in [0.2, 0.25) is 5.91 Å². The fourth-order valence-corrected chi connectivity index (χ4v) is 19.1. The maximum absolute atomic E-state index is 15.8. The number of rotatable bonds is 27. The summed E-state index contributed by atoms with van der Waals surface area (Å²) in [6, 6.07) is -3.40. The molecule has 6 fully saturated rings. The number of amides is 3. The van der Waals surface area contributed by atoms with E-state index in [4.69, 9.17) is 56.8 Å². The second-order valence-electron chi connectivity index (χ2n) is 29.6. The van der Waals surface area contributed by atoms with Crippen molar-refractivity contribution in [1.82, 2.24) is 16.0 Å². The van der Waals surface area contributed by atoms with E-state index in [1.165, 1.54) is 30.6 Å². The molecule has 100 heavy (non-hydrogen) atoms.